The molecule has 0 aromatic carbocycles. The fourth-order valence-electron chi connectivity index (χ4n) is 0.695. The lowest BCUT2D eigenvalue weighted by atomic mass is 10.2. The summed E-state index contributed by atoms with van der Waals surface area (Å²) in [6.45, 7) is 0. The van der Waals surface area contributed by atoms with Gasteiger partial charge in [0, 0.05) is 6.21 Å². The van der Waals surface area contributed by atoms with Gasteiger partial charge in [0.05, 0.1) is 0 Å². The monoisotopic (exact) mass is 207 g/mol. The van der Waals surface area contributed by atoms with Gasteiger partial charge in [-0.15, -0.1) is 0 Å². The first-order valence-corrected chi connectivity index (χ1v) is 3.44. The molecule has 7 heteroatoms. The number of rotatable bonds is 1. The Kier molecular flexibility index (Phi) is 2.68. The Balaban J connectivity index is 2.62. The molecule has 1 atom stereocenters. The molecule has 0 aliphatic carbocycles. The number of amides is 1. The van der Waals surface area contributed by atoms with Gasteiger partial charge < -0.3 is 4.74 Å². The molecular weight excluding hydrogens is 203 g/mol. The number of halogens is 3. The SMILES string of the molecule is O=C1N=CC=CC1OC(=O)C(F)(F)F. The van der Waals surface area contributed by atoms with E-state index in [-0.39, 0.29) is 0 Å². The molecule has 4 nitrogen and oxygen atoms in total. The Hall–Kier alpha value is -1.66. The van der Waals surface area contributed by atoms with Gasteiger partial charge in [0.25, 0.3) is 5.91 Å². The van der Waals surface area contributed by atoms with E-state index in [0.717, 1.165) is 12.3 Å². The molecule has 0 aromatic heterocycles. The normalized spacial score (nSPS) is 21.1. The van der Waals surface area contributed by atoms with Crippen LogP contribution in [0.5, 0.6) is 0 Å². The minimum absolute atomic E-state index is 0.940. The summed E-state index contributed by atoms with van der Waals surface area (Å²) in [5, 5.41) is 0. The van der Waals surface area contributed by atoms with Gasteiger partial charge in [-0.1, -0.05) is 0 Å². The molecule has 0 saturated carbocycles. The molecular formula is C7H4F3NO3. The second kappa shape index (κ2) is 3.60. The highest BCUT2D eigenvalue weighted by molar-refractivity contribution is 5.97. The summed E-state index contributed by atoms with van der Waals surface area (Å²) >= 11 is 0. The molecule has 0 spiro atoms. The standard InChI is InChI=1S/C7H4F3NO3/c8-7(9,10)6(13)14-4-2-1-3-11-5(4)12/h1-4H. The van der Waals surface area contributed by atoms with Crippen LogP contribution in [0.4, 0.5) is 13.2 Å². The zero-order valence-corrected chi connectivity index (χ0v) is 6.62. The molecule has 0 fully saturated rings. The largest absolute Gasteiger partial charge is 0.490 e. The molecule has 1 unspecified atom stereocenters. The van der Waals surface area contributed by atoms with Crippen LogP contribution in [-0.2, 0) is 14.3 Å². The molecule has 76 valence electrons. The van der Waals surface area contributed by atoms with Gasteiger partial charge in [-0.25, -0.2) is 9.79 Å². The van der Waals surface area contributed by atoms with Gasteiger partial charge in [-0.3, -0.25) is 4.79 Å². The van der Waals surface area contributed by atoms with Crippen molar-refractivity contribution in [2.75, 3.05) is 0 Å². The number of ether oxygens (including phenoxy) is 1. The molecule has 0 saturated heterocycles. The summed E-state index contributed by atoms with van der Waals surface area (Å²) < 4.78 is 38.9. The van der Waals surface area contributed by atoms with Crippen LogP contribution in [0.3, 0.4) is 0 Å². The fraction of sp³-hybridized carbons (Fsp3) is 0.286. The predicted molar refractivity (Wildman–Crippen MR) is 38.6 cm³/mol. The van der Waals surface area contributed by atoms with Gasteiger partial charge in [-0.2, -0.15) is 13.2 Å². The van der Waals surface area contributed by atoms with Crippen molar-refractivity contribution >= 4 is 18.1 Å². The predicted octanol–water partition coefficient (Wildman–Crippen LogP) is 0.628. The number of nitrogens with zero attached hydrogens (tertiary/aromatic N) is 1. The van der Waals surface area contributed by atoms with Crippen molar-refractivity contribution in [3.8, 4) is 0 Å². The molecule has 1 heterocycles. The molecule has 1 aliphatic heterocycles. The molecule has 0 aromatic rings. The average Bonchev–Trinajstić information content (AvgIpc) is 2.07. The van der Waals surface area contributed by atoms with Crippen molar-refractivity contribution < 1.29 is 27.5 Å². The number of esters is 1. The first-order valence-electron chi connectivity index (χ1n) is 3.44. The Morgan fingerprint density at radius 2 is 2.14 bits per heavy atom. The van der Waals surface area contributed by atoms with Crippen molar-refractivity contribution in [1.29, 1.82) is 0 Å². The molecule has 14 heavy (non-hydrogen) atoms. The van der Waals surface area contributed by atoms with Gasteiger partial charge in [0.15, 0.2) is 0 Å². The second-order valence-electron chi connectivity index (χ2n) is 2.32. The topological polar surface area (TPSA) is 55.7 Å². The molecule has 1 aliphatic rings. The summed E-state index contributed by atoms with van der Waals surface area (Å²) in [4.78, 5) is 24.2. The zero-order chi connectivity index (χ0) is 10.8. The van der Waals surface area contributed by atoms with Crippen LogP contribution in [0.15, 0.2) is 17.1 Å². The lowest BCUT2D eigenvalue weighted by molar-refractivity contribution is -0.203. The minimum Gasteiger partial charge on any atom is -0.441 e. The van der Waals surface area contributed by atoms with Crippen molar-refractivity contribution in [2.24, 2.45) is 4.99 Å². The summed E-state index contributed by atoms with van der Waals surface area (Å²) in [5.74, 6) is -3.34. The van der Waals surface area contributed by atoms with E-state index >= 15 is 0 Å². The van der Waals surface area contributed by atoms with Gasteiger partial charge in [0.1, 0.15) is 0 Å². The zero-order valence-electron chi connectivity index (χ0n) is 6.62. The third-order valence-electron chi connectivity index (χ3n) is 1.28. The fourth-order valence-corrected chi connectivity index (χ4v) is 0.695. The van der Waals surface area contributed by atoms with Crippen LogP contribution in [-0.4, -0.2) is 30.4 Å². The van der Waals surface area contributed by atoms with Crippen LogP contribution >= 0.6 is 0 Å². The van der Waals surface area contributed by atoms with Crippen LogP contribution < -0.4 is 0 Å². The Bertz CT molecular complexity index is 319. The van der Waals surface area contributed by atoms with E-state index in [1.807, 2.05) is 0 Å². The van der Waals surface area contributed by atoms with Gasteiger partial charge in [0.2, 0.25) is 6.10 Å². The van der Waals surface area contributed by atoms with E-state index in [1.54, 1.807) is 0 Å². The van der Waals surface area contributed by atoms with E-state index in [1.165, 1.54) is 6.08 Å². The summed E-state index contributed by atoms with van der Waals surface area (Å²) in [6, 6.07) is 0. The van der Waals surface area contributed by atoms with Crippen LogP contribution in [0, 0.1) is 0 Å². The van der Waals surface area contributed by atoms with E-state index in [4.69, 9.17) is 0 Å². The molecule has 0 bridgehead atoms. The third-order valence-corrected chi connectivity index (χ3v) is 1.28. The maximum Gasteiger partial charge on any atom is 0.490 e. The third kappa shape index (κ3) is 2.41. The first-order chi connectivity index (χ1) is 6.41. The minimum atomic E-state index is -5.10. The van der Waals surface area contributed by atoms with Gasteiger partial charge in [-0.05, 0) is 12.2 Å². The van der Waals surface area contributed by atoms with Crippen molar-refractivity contribution in [2.45, 2.75) is 12.3 Å². The molecule has 0 radical (unpaired) electrons. The molecule has 1 rings (SSSR count). The number of dihydropyridines is 1. The maximum absolute atomic E-state index is 11.7. The number of alkyl halides is 3. The Labute approximate surface area is 76.1 Å². The van der Waals surface area contributed by atoms with E-state index in [0.29, 0.717) is 0 Å². The Morgan fingerprint density at radius 3 is 2.64 bits per heavy atom. The number of carbonyl (C=O) groups excluding carboxylic acids is 2. The highest BCUT2D eigenvalue weighted by atomic mass is 19.4. The maximum atomic E-state index is 11.7. The van der Waals surface area contributed by atoms with Crippen molar-refractivity contribution in [3.05, 3.63) is 12.2 Å². The first kappa shape index (κ1) is 10.4. The summed E-state index contributed by atoms with van der Waals surface area (Å²) in [7, 11) is 0. The number of allylic oxidation sites excluding steroid dienone is 1. The van der Waals surface area contributed by atoms with Crippen LogP contribution in [0.2, 0.25) is 0 Å². The van der Waals surface area contributed by atoms with Crippen molar-refractivity contribution in [3.63, 3.8) is 0 Å². The van der Waals surface area contributed by atoms with Crippen LogP contribution in [0.25, 0.3) is 0 Å². The lowest BCUT2D eigenvalue weighted by Gasteiger charge is -2.13. The highest BCUT2D eigenvalue weighted by Gasteiger charge is 2.43. The highest BCUT2D eigenvalue weighted by Crippen LogP contribution is 2.18. The average molecular weight is 207 g/mol. The summed E-state index contributed by atoms with van der Waals surface area (Å²) in [6.07, 6.45) is -3.35. The number of carbonyl (C=O) groups is 2. The van der Waals surface area contributed by atoms with Crippen LogP contribution in [0.1, 0.15) is 0 Å². The van der Waals surface area contributed by atoms with Gasteiger partial charge >= 0.3 is 12.1 Å². The van der Waals surface area contributed by atoms with E-state index in [2.05, 4.69) is 9.73 Å². The summed E-state index contributed by atoms with van der Waals surface area (Å²) in [5.41, 5.74) is 0. The number of aliphatic imine (C=N–C) groups is 1. The molecule has 0 N–H and O–H groups in total. The quantitative estimate of drug-likeness (QED) is 0.592. The second-order valence-corrected chi connectivity index (χ2v) is 2.32. The smallest absolute Gasteiger partial charge is 0.441 e. The number of hydrogen-bond donors (Lipinski definition) is 0. The van der Waals surface area contributed by atoms with E-state index in [9.17, 15) is 22.8 Å². The molecule has 1 amide bonds. The van der Waals surface area contributed by atoms with Crippen molar-refractivity contribution in [1.82, 2.24) is 0 Å². The Morgan fingerprint density at radius 1 is 1.50 bits per heavy atom. The van der Waals surface area contributed by atoms with E-state index < -0.39 is 24.2 Å². The lowest BCUT2D eigenvalue weighted by Crippen LogP contribution is -2.33. The number of hydrogen-bond acceptors (Lipinski definition) is 3.